The Bertz CT molecular complexity index is 456. The van der Waals surface area contributed by atoms with Crippen LogP contribution in [-0.2, 0) is 6.54 Å². The van der Waals surface area contributed by atoms with Gasteiger partial charge in [-0.15, -0.1) is 0 Å². The lowest BCUT2D eigenvalue weighted by Gasteiger charge is -2.32. The fourth-order valence-corrected chi connectivity index (χ4v) is 2.79. The standard InChI is InChI=1S/C15H22N2O2/c1-10-4-14-15(19-3-2-18-14)7-12(10)9-17-8-11-5-13(16)6-11/h4,7,11,13,17H,2-3,5-6,8-9,16H2,1H3. The Kier molecular flexibility index (Phi) is 3.62. The Morgan fingerprint density at radius 2 is 1.89 bits per heavy atom. The number of hydrogen-bond donors (Lipinski definition) is 2. The summed E-state index contributed by atoms with van der Waals surface area (Å²) in [7, 11) is 0. The van der Waals surface area contributed by atoms with Crippen molar-refractivity contribution >= 4 is 0 Å². The van der Waals surface area contributed by atoms with Crippen LogP contribution in [0.15, 0.2) is 12.1 Å². The normalized spacial score (nSPS) is 24.9. The molecule has 1 fully saturated rings. The number of ether oxygens (including phenoxy) is 2. The van der Waals surface area contributed by atoms with Gasteiger partial charge in [-0.3, -0.25) is 0 Å². The van der Waals surface area contributed by atoms with Gasteiger partial charge >= 0.3 is 0 Å². The molecule has 0 bridgehead atoms. The summed E-state index contributed by atoms with van der Waals surface area (Å²) in [4.78, 5) is 0. The summed E-state index contributed by atoms with van der Waals surface area (Å²) in [6.07, 6.45) is 2.32. The van der Waals surface area contributed by atoms with E-state index in [9.17, 15) is 0 Å². The van der Waals surface area contributed by atoms with Gasteiger partial charge in [0.05, 0.1) is 0 Å². The van der Waals surface area contributed by atoms with Crippen LogP contribution in [0.25, 0.3) is 0 Å². The molecule has 2 aliphatic rings. The Morgan fingerprint density at radius 3 is 2.58 bits per heavy atom. The number of nitrogens with two attached hydrogens (primary N) is 1. The second-order valence-electron chi connectivity index (χ2n) is 5.65. The monoisotopic (exact) mass is 262 g/mol. The van der Waals surface area contributed by atoms with Crippen LogP contribution in [0.5, 0.6) is 11.5 Å². The second-order valence-corrected chi connectivity index (χ2v) is 5.65. The fraction of sp³-hybridized carbons (Fsp3) is 0.600. The smallest absolute Gasteiger partial charge is 0.161 e. The highest BCUT2D eigenvalue weighted by Crippen LogP contribution is 2.33. The van der Waals surface area contributed by atoms with E-state index >= 15 is 0 Å². The molecule has 1 aromatic carbocycles. The molecule has 3 N–H and O–H groups in total. The van der Waals surface area contributed by atoms with E-state index in [1.165, 1.54) is 11.1 Å². The summed E-state index contributed by atoms with van der Waals surface area (Å²) in [5.74, 6) is 2.50. The number of rotatable bonds is 4. The molecule has 0 saturated heterocycles. The molecule has 1 aliphatic carbocycles. The van der Waals surface area contributed by atoms with Crippen molar-refractivity contribution in [3.63, 3.8) is 0 Å². The highest BCUT2D eigenvalue weighted by Gasteiger charge is 2.25. The van der Waals surface area contributed by atoms with Gasteiger partial charge in [0.1, 0.15) is 13.2 Å². The van der Waals surface area contributed by atoms with Gasteiger partial charge in [0.2, 0.25) is 0 Å². The Morgan fingerprint density at radius 1 is 1.21 bits per heavy atom. The largest absolute Gasteiger partial charge is 0.486 e. The summed E-state index contributed by atoms with van der Waals surface area (Å²) in [6, 6.07) is 4.61. The molecule has 1 heterocycles. The van der Waals surface area contributed by atoms with E-state index in [-0.39, 0.29) is 0 Å². The van der Waals surface area contributed by atoms with Crippen LogP contribution >= 0.6 is 0 Å². The quantitative estimate of drug-likeness (QED) is 0.865. The van der Waals surface area contributed by atoms with Crippen molar-refractivity contribution < 1.29 is 9.47 Å². The Labute approximate surface area is 114 Å². The van der Waals surface area contributed by atoms with Crippen molar-refractivity contribution in [3.8, 4) is 11.5 Å². The zero-order valence-corrected chi connectivity index (χ0v) is 11.4. The topological polar surface area (TPSA) is 56.5 Å². The molecule has 4 nitrogen and oxygen atoms in total. The van der Waals surface area contributed by atoms with Crippen LogP contribution in [0.4, 0.5) is 0 Å². The third-order valence-corrected chi connectivity index (χ3v) is 4.02. The number of hydrogen-bond acceptors (Lipinski definition) is 4. The van der Waals surface area contributed by atoms with Crippen LogP contribution in [0, 0.1) is 12.8 Å². The minimum atomic E-state index is 0.433. The van der Waals surface area contributed by atoms with Gasteiger partial charge in [0.15, 0.2) is 11.5 Å². The average Bonchev–Trinajstić information content (AvgIpc) is 2.37. The molecule has 1 saturated carbocycles. The van der Waals surface area contributed by atoms with E-state index in [2.05, 4.69) is 24.4 Å². The molecule has 19 heavy (non-hydrogen) atoms. The number of fused-ring (bicyclic) bond motifs is 1. The molecule has 1 aromatic rings. The summed E-state index contributed by atoms with van der Waals surface area (Å²) in [6.45, 7) is 5.35. The van der Waals surface area contributed by atoms with E-state index in [1.54, 1.807) is 0 Å². The first-order valence-electron chi connectivity index (χ1n) is 7.08. The lowest BCUT2D eigenvalue weighted by atomic mass is 9.81. The van der Waals surface area contributed by atoms with E-state index in [0.717, 1.165) is 43.3 Å². The van der Waals surface area contributed by atoms with Crippen molar-refractivity contribution in [2.75, 3.05) is 19.8 Å². The minimum Gasteiger partial charge on any atom is -0.486 e. The lowest BCUT2D eigenvalue weighted by Crippen LogP contribution is -2.41. The highest BCUT2D eigenvalue weighted by molar-refractivity contribution is 5.47. The molecular weight excluding hydrogens is 240 g/mol. The first-order chi connectivity index (χ1) is 9.22. The number of benzene rings is 1. The molecule has 104 valence electrons. The third-order valence-electron chi connectivity index (χ3n) is 4.02. The number of aryl methyl sites for hydroxylation is 1. The van der Waals surface area contributed by atoms with Crippen LogP contribution in [0.2, 0.25) is 0 Å². The van der Waals surface area contributed by atoms with Crippen molar-refractivity contribution in [1.82, 2.24) is 5.32 Å². The molecule has 1 aliphatic heterocycles. The van der Waals surface area contributed by atoms with Crippen LogP contribution in [0.1, 0.15) is 24.0 Å². The molecule has 0 radical (unpaired) electrons. The van der Waals surface area contributed by atoms with Gasteiger partial charge in [0, 0.05) is 12.6 Å². The molecule has 0 unspecified atom stereocenters. The van der Waals surface area contributed by atoms with E-state index < -0.39 is 0 Å². The fourth-order valence-electron chi connectivity index (χ4n) is 2.79. The molecule has 4 heteroatoms. The zero-order chi connectivity index (χ0) is 13.2. The van der Waals surface area contributed by atoms with E-state index in [1.807, 2.05) is 0 Å². The van der Waals surface area contributed by atoms with Gasteiger partial charge in [-0.25, -0.2) is 0 Å². The SMILES string of the molecule is Cc1cc2c(cc1CNCC1CC(N)C1)OCCO2. The van der Waals surface area contributed by atoms with Crippen LogP contribution in [0.3, 0.4) is 0 Å². The van der Waals surface area contributed by atoms with Crippen molar-refractivity contribution in [3.05, 3.63) is 23.3 Å². The summed E-state index contributed by atoms with van der Waals surface area (Å²) < 4.78 is 11.2. The molecular formula is C15H22N2O2. The van der Waals surface area contributed by atoms with Gasteiger partial charge in [0.25, 0.3) is 0 Å². The van der Waals surface area contributed by atoms with Gasteiger partial charge in [-0.1, -0.05) is 0 Å². The first-order valence-corrected chi connectivity index (χ1v) is 7.08. The Hall–Kier alpha value is -1.26. The number of nitrogens with one attached hydrogen (secondary N) is 1. The maximum Gasteiger partial charge on any atom is 0.161 e. The lowest BCUT2D eigenvalue weighted by molar-refractivity contribution is 0.171. The van der Waals surface area contributed by atoms with E-state index in [0.29, 0.717) is 19.3 Å². The van der Waals surface area contributed by atoms with Gasteiger partial charge in [-0.2, -0.15) is 0 Å². The summed E-state index contributed by atoms with van der Waals surface area (Å²) in [5, 5.41) is 3.52. The van der Waals surface area contributed by atoms with Crippen molar-refractivity contribution in [2.45, 2.75) is 32.4 Å². The third kappa shape index (κ3) is 2.85. The van der Waals surface area contributed by atoms with Crippen LogP contribution < -0.4 is 20.5 Å². The van der Waals surface area contributed by atoms with Crippen LogP contribution in [-0.4, -0.2) is 25.8 Å². The predicted molar refractivity (Wildman–Crippen MR) is 74.6 cm³/mol. The predicted octanol–water partition coefficient (Wildman–Crippen LogP) is 1.59. The maximum absolute atomic E-state index is 5.79. The molecule has 0 amide bonds. The Balaban J connectivity index is 1.58. The summed E-state index contributed by atoms with van der Waals surface area (Å²) >= 11 is 0. The molecule has 0 atom stereocenters. The van der Waals surface area contributed by atoms with Gasteiger partial charge < -0.3 is 20.5 Å². The minimum absolute atomic E-state index is 0.433. The molecule has 0 spiro atoms. The first kappa shape index (κ1) is 12.8. The molecule has 0 aromatic heterocycles. The average molecular weight is 262 g/mol. The molecule has 3 rings (SSSR count). The van der Waals surface area contributed by atoms with Gasteiger partial charge in [-0.05, 0) is 55.5 Å². The zero-order valence-electron chi connectivity index (χ0n) is 11.4. The maximum atomic E-state index is 5.79. The second kappa shape index (κ2) is 5.39. The van der Waals surface area contributed by atoms with Crippen molar-refractivity contribution in [2.24, 2.45) is 11.7 Å². The van der Waals surface area contributed by atoms with Crippen molar-refractivity contribution in [1.29, 1.82) is 0 Å². The van der Waals surface area contributed by atoms with E-state index in [4.69, 9.17) is 15.2 Å². The highest BCUT2D eigenvalue weighted by atomic mass is 16.6. The summed E-state index contributed by atoms with van der Waals surface area (Å²) in [5.41, 5.74) is 8.33.